The quantitative estimate of drug-likeness (QED) is 0.428. The molecule has 2 N–H and O–H groups in total. The second-order valence-corrected chi connectivity index (χ2v) is 4.84. The van der Waals surface area contributed by atoms with Crippen LogP contribution in [0.1, 0.15) is 24.9 Å². The summed E-state index contributed by atoms with van der Waals surface area (Å²) in [6.07, 6.45) is 1.60. The van der Waals surface area contributed by atoms with Gasteiger partial charge in [0.25, 0.3) is 5.91 Å². The smallest absolute Gasteiger partial charge is 0.263 e. The SMILES string of the molecule is COc1ccc(C(C)NC(=O)/C(C#N)=C\NCCC#N)cc1OC. The van der Waals surface area contributed by atoms with Gasteiger partial charge in [0.05, 0.1) is 32.8 Å². The Morgan fingerprint density at radius 3 is 2.58 bits per heavy atom. The van der Waals surface area contributed by atoms with E-state index in [0.29, 0.717) is 24.5 Å². The molecule has 0 aliphatic carbocycles. The zero-order valence-electron chi connectivity index (χ0n) is 13.9. The van der Waals surface area contributed by atoms with Crippen molar-refractivity contribution in [3.05, 3.63) is 35.5 Å². The van der Waals surface area contributed by atoms with Gasteiger partial charge in [0.1, 0.15) is 11.6 Å². The summed E-state index contributed by atoms with van der Waals surface area (Å²) < 4.78 is 10.4. The minimum absolute atomic E-state index is 0.0553. The normalized spacial score (nSPS) is 11.6. The summed E-state index contributed by atoms with van der Waals surface area (Å²) in [6.45, 7) is 2.18. The average Bonchev–Trinajstić information content (AvgIpc) is 2.60. The molecule has 0 spiro atoms. The van der Waals surface area contributed by atoms with E-state index in [9.17, 15) is 4.79 Å². The fourth-order valence-corrected chi connectivity index (χ4v) is 1.93. The van der Waals surface area contributed by atoms with E-state index in [0.717, 1.165) is 5.56 Å². The Morgan fingerprint density at radius 1 is 1.29 bits per heavy atom. The standard InChI is InChI=1S/C17H20N4O3/c1-12(13-5-6-15(23-2)16(9-13)24-3)21-17(22)14(10-19)11-20-8-4-7-18/h5-6,9,11-12,20H,4,8H2,1-3H3,(H,21,22)/b14-11-. The summed E-state index contributed by atoms with van der Waals surface area (Å²) in [6, 6.07) is 8.81. The molecule has 0 saturated carbocycles. The molecule has 0 fully saturated rings. The second kappa shape index (κ2) is 9.75. The van der Waals surface area contributed by atoms with Crippen molar-refractivity contribution in [1.82, 2.24) is 10.6 Å². The minimum atomic E-state index is -0.496. The van der Waals surface area contributed by atoms with Gasteiger partial charge in [-0.05, 0) is 24.6 Å². The van der Waals surface area contributed by atoms with Crippen molar-refractivity contribution >= 4 is 5.91 Å². The lowest BCUT2D eigenvalue weighted by atomic mass is 10.1. The Balaban J connectivity index is 2.79. The highest BCUT2D eigenvalue weighted by atomic mass is 16.5. The van der Waals surface area contributed by atoms with Crippen LogP contribution in [0.4, 0.5) is 0 Å². The first-order chi connectivity index (χ1) is 11.6. The van der Waals surface area contributed by atoms with Gasteiger partial charge < -0.3 is 20.1 Å². The largest absolute Gasteiger partial charge is 0.493 e. The van der Waals surface area contributed by atoms with Gasteiger partial charge in [-0.3, -0.25) is 4.79 Å². The molecule has 7 heteroatoms. The number of hydrogen-bond donors (Lipinski definition) is 2. The van der Waals surface area contributed by atoms with Crippen LogP contribution in [0.3, 0.4) is 0 Å². The monoisotopic (exact) mass is 328 g/mol. The number of carbonyl (C=O) groups is 1. The van der Waals surface area contributed by atoms with Crippen molar-refractivity contribution in [2.24, 2.45) is 0 Å². The topological polar surface area (TPSA) is 107 Å². The van der Waals surface area contributed by atoms with E-state index in [-0.39, 0.29) is 11.6 Å². The van der Waals surface area contributed by atoms with Gasteiger partial charge in [0.15, 0.2) is 11.5 Å². The number of amides is 1. The molecule has 1 unspecified atom stereocenters. The number of hydrogen-bond acceptors (Lipinski definition) is 6. The Labute approximate surface area is 141 Å². The summed E-state index contributed by atoms with van der Waals surface area (Å²) in [5, 5.41) is 23.0. The Hall–Kier alpha value is -3.19. The Bertz CT molecular complexity index is 686. The number of rotatable bonds is 8. The van der Waals surface area contributed by atoms with Crippen LogP contribution in [0.2, 0.25) is 0 Å². The number of nitrogens with zero attached hydrogens (tertiary/aromatic N) is 2. The first kappa shape index (κ1) is 18.9. The van der Waals surface area contributed by atoms with Gasteiger partial charge in [-0.1, -0.05) is 6.07 Å². The van der Waals surface area contributed by atoms with Crippen LogP contribution < -0.4 is 20.1 Å². The number of benzene rings is 1. The molecule has 1 atom stereocenters. The molecule has 126 valence electrons. The second-order valence-electron chi connectivity index (χ2n) is 4.84. The molecule has 7 nitrogen and oxygen atoms in total. The van der Waals surface area contributed by atoms with Gasteiger partial charge in [-0.2, -0.15) is 10.5 Å². The van der Waals surface area contributed by atoms with Crippen LogP contribution in [0.25, 0.3) is 0 Å². The lowest BCUT2D eigenvalue weighted by molar-refractivity contribution is -0.117. The Morgan fingerprint density at radius 2 is 2.00 bits per heavy atom. The average molecular weight is 328 g/mol. The molecule has 1 aromatic rings. The summed E-state index contributed by atoms with van der Waals surface area (Å²) in [5.41, 5.74) is 0.760. The lowest BCUT2D eigenvalue weighted by Crippen LogP contribution is -2.28. The van der Waals surface area contributed by atoms with E-state index in [1.807, 2.05) is 18.2 Å². The number of nitriles is 2. The van der Waals surface area contributed by atoms with Gasteiger partial charge >= 0.3 is 0 Å². The summed E-state index contributed by atoms with van der Waals surface area (Å²) in [7, 11) is 3.08. The van der Waals surface area contributed by atoms with E-state index in [1.165, 1.54) is 13.3 Å². The molecule has 0 bridgehead atoms. The molecule has 0 radical (unpaired) electrons. The van der Waals surface area contributed by atoms with Gasteiger partial charge in [-0.15, -0.1) is 0 Å². The third-order valence-electron chi connectivity index (χ3n) is 3.25. The fraction of sp³-hybridized carbons (Fsp3) is 0.353. The molecular formula is C17H20N4O3. The minimum Gasteiger partial charge on any atom is -0.493 e. The first-order valence-electron chi connectivity index (χ1n) is 7.30. The predicted octanol–water partition coefficient (Wildman–Crippen LogP) is 1.79. The predicted molar refractivity (Wildman–Crippen MR) is 88.0 cm³/mol. The fourth-order valence-electron chi connectivity index (χ4n) is 1.93. The van der Waals surface area contributed by atoms with Crippen molar-refractivity contribution in [2.45, 2.75) is 19.4 Å². The first-order valence-corrected chi connectivity index (χ1v) is 7.30. The zero-order chi connectivity index (χ0) is 17.9. The molecule has 0 heterocycles. The van der Waals surface area contributed by atoms with E-state index < -0.39 is 5.91 Å². The number of methoxy groups -OCH3 is 2. The number of ether oxygens (including phenoxy) is 2. The number of nitrogens with one attached hydrogen (secondary N) is 2. The highest BCUT2D eigenvalue weighted by Crippen LogP contribution is 2.29. The molecule has 1 rings (SSSR count). The van der Waals surface area contributed by atoms with Crippen LogP contribution in [0.15, 0.2) is 30.0 Å². The summed E-state index contributed by atoms with van der Waals surface area (Å²) >= 11 is 0. The van der Waals surface area contributed by atoms with Crippen LogP contribution >= 0.6 is 0 Å². The van der Waals surface area contributed by atoms with E-state index in [2.05, 4.69) is 10.6 Å². The third-order valence-corrected chi connectivity index (χ3v) is 3.25. The molecule has 0 aromatic heterocycles. The highest BCUT2D eigenvalue weighted by Gasteiger charge is 2.15. The van der Waals surface area contributed by atoms with E-state index in [1.54, 1.807) is 26.2 Å². The summed E-state index contributed by atoms with van der Waals surface area (Å²) in [5.74, 6) is 0.661. The van der Waals surface area contributed by atoms with E-state index in [4.69, 9.17) is 20.0 Å². The van der Waals surface area contributed by atoms with Gasteiger partial charge in [0.2, 0.25) is 0 Å². The van der Waals surface area contributed by atoms with Crippen molar-refractivity contribution in [1.29, 1.82) is 10.5 Å². The maximum Gasteiger partial charge on any atom is 0.263 e. The van der Waals surface area contributed by atoms with Crippen molar-refractivity contribution in [3.63, 3.8) is 0 Å². The lowest BCUT2D eigenvalue weighted by Gasteiger charge is -2.16. The van der Waals surface area contributed by atoms with Crippen molar-refractivity contribution in [3.8, 4) is 23.6 Å². The Kier molecular flexibility index (Phi) is 7.66. The maximum absolute atomic E-state index is 12.1. The molecule has 1 amide bonds. The van der Waals surface area contributed by atoms with Crippen LogP contribution in [-0.4, -0.2) is 26.7 Å². The molecule has 24 heavy (non-hydrogen) atoms. The molecular weight excluding hydrogens is 308 g/mol. The molecule has 0 aliphatic rings. The third kappa shape index (κ3) is 5.22. The molecule has 0 saturated heterocycles. The zero-order valence-corrected chi connectivity index (χ0v) is 13.9. The van der Waals surface area contributed by atoms with Crippen LogP contribution in [-0.2, 0) is 4.79 Å². The van der Waals surface area contributed by atoms with Crippen molar-refractivity contribution in [2.75, 3.05) is 20.8 Å². The van der Waals surface area contributed by atoms with Gasteiger partial charge in [0, 0.05) is 12.7 Å². The van der Waals surface area contributed by atoms with Crippen molar-refractivity contribution < 1.29 is 14.3 Å². The van der Waals surface area contributed by atoms with Crippen LogP contribution in [0.5, 0.6) is 11.5 Å². The number of carbonyl (C=O) groups excluding carboxylic acids is 1. The molecule has 1 aromatic carbocycles. The van der Waals surface area contributed by atoms with Crippen LogP contribution in [0, 0.1) is 22.7 Å². The van der Waals surface area contributed by atoms with E-state index >= 15 is 0 Å². The summed E-state index contributed by atoms with van der Waals surface area (Å²) in [4.78, 5) is 12.1. The molecule has 0 aliphatic heterocycles. The maximum atomic E-state index is 12.1. The van der Waals surface area contributed by atoms with Gasteiger partial charge in [-0.25, -0.2) is 0 Å². The highest BCUT2D eigenvalue weighted by molar-refractivity contribution is 5.97.